The van der Waals surface area contributed by atoms with E-state index in [1.165, 1.54) is 6.07 Å². The number of hydrogen-bond acceptors (Lipinski definition) is 7. The Morgan fingerprint density at radius 2 is 1.81 bits per heavy atom. The molecule has 174 valence electrons. The normalized spacial score (nSPS) is 13.6. The fourth-order valence-electron chi connectivity index (χ4n) is 2.58. The van der Waals surface area contributed by atoms with Gasteiger partial charge in [-0.1, -0.05) is 18.2 Å². The quantitative estimate of drug-likeness (QED) is 0.228. The molecule has 1 aliphatic heterocycles. The van der Waals surface area contributed by atoms with Crippen molar-refractivity contribution < 1.29 is 37.9 Å². The second kappa shape index (κ2) is 11.5. The van der Waals surface area contributed by atoms with Gasteiger partial charge in [-0.25, -0.2) is 23.7 Å². The second-order valence-corrected chi connectivity index (χ2v) is 7.28. The molecule has 1 fully saturated rings. The number of halogens is 1. The number of anilines is 1. The number of nitrogens with two attached hydrogens (primary N) is 2. The van der Waals surface area contributed by atoms with Gasteiger partial charge in [0.15, 0.2) is 5.96 Å². The summed E-state index contributed by atoms with van der Waals surface area (Å²) < 4.78 is 33.8. The van der Waals surface area contributed by atoms with Gasteiger partial charge < -0.3 is 40.5 Å². The van der Waals surface area contributed by atoms with E-state index in [2.05, 4.69) is 15.0 Å². The van der Waals surface area contributed by atoms with Gasteiger partial charge in [-0.2, -0.15) is 0 Å². The first-order chi connectivity index (χ1) is 15.0. The zero-order valence-electron chi connectivity index (χ0n) is 16.7. The van der Waals surface area contributed by atoms with Gasteiger partial charge in [0, 0.05) is 42.2 Å². The Kier molecular flexibility index (Phi) is 8.99. The topological polar surface area (TPSA) is 207 Å². The van der Waals surface area contributed by atoms with Gasteiger partial charge in [-0.15, -0.1) is 4.99 Å². The van der Waals surface area contributed by atoms with Crippen molar-refractivity contribution in [1.82, 2.24) is 9.97 Å². The van der Waals surface area contributed by atoms with Crippen LogP contribution in [-0.4, -0.2) is 63.0 Å². The number of amides is 1. The molecule has 0 saturated carbocycles. The van der Waals surface area contributed by atoms with E-state index in [-0.39, 0.29) is 12.2 Å². The van der Waals surface area contributed by atoms with Gasteiger partial charge in [-0.05, 0) is 0 Å². The van der Waals surface area contributed by atoms with Crippen molar-refractivity contribution in [3.63, 3.8) is 0 Å². The summed E-state index contributed by atoms with van der Waals surface area (Å²) in [6.45, 7) is 2.37. The van der Waals surface area contributed by atoms with Crippen LogP contribution in [0.3, 0.4) is 0 Å². The first-order valence-corrected chi connectivity index (χ1v) is 10.6. The monoisotopic (exact) mass is 472 g/mol. The number of guanidine groups is 1. The summed E-state index contributed by atoms with van der Waals surface area (Å²) in [6.07, 6.45) is 2.13. The van der Waals surface area contributed by atoms with Crippen LogP contribution in [0.1, 0.15) is 5.56 Å². The Balaban J connectivity index is 0.000000654. The lowest BCUT2D eigenvalue weighted by molar-refractivity contribution is 0.122. The van der Waals surface area contributed by atoms with Gasteiger partial charge in [0.25, 0.3) is 0 Å². The molecule has 1 aromatic carbocycles. The highest BCUT2D eigenvalue weighted by atomic mass is 31.2. The second-order valence-electron chi connectivity index (χ2n) is 6.25. The van der Waals surface area contributed by atoms with Crippen LogP contribution in [-0.2, 0) is 20.6 Å². The molecule has 0 radical (unpaired) electrons. The minimum absolute atomic E-state index is 0.184. The predicted molar refractivity (Wildman–Crippen MR) is 111 cm³/mol. The standard InChI is InChI=1S/C17H19FN6O3.H3O4P/c18-14-11(10-27-17(25)23-15(19)20)2-1-3-13(14)12-8-21-16(22-9-12)24-4-6-26-7-5-24;1-5(2,3)4/h1-3,8-9H,4-7,10H2,(H4,19,20,23,25);(H3,1,2,3,4). The number of phosphoric acid groups is 1. The van der Waals surface area contributed by atoms with Crippen LogP contribution < -0.4 is 16.4 Å². The Morgan fingerprint density at radius 1 is 1.22 bits per heavy atom. The SMILES string of the molecule is NC(N)=NC(=O)OCc1cccc(-c2cnc(N3CCOCC3)nc2)c1F.O=P(O)(O)O. The van der Waals surface area contributed by atoms with E-state index in [0.29, 0.717) is 43.4 Å². The molecule has 1 aliphatic rings. The van der Waals surface area contributed by atoms with Crippen LogP contribution in [0.4, 0.5) is 15.1 Å². The van der Waals surface area contributed by atoms with Crippen LogP contribution in [0.15, 0.2) is 35.6 Å². The Labute approximate surface area is 181 Å². The van der Waals surface area contributed by atoms with Gasteiger partial charge in [0.1, 0.15) is 12.4 Å². The third-order valence-corrected chi connectivity index (χ3v) is 3.89. The van der Waals surface area contributed by atoms with Gasteiger partial charge >= 0.3 is 13.9 Å². The van der Waals surface area contributed by atoms with E-state index in [4.69, 9.17) is 40.2 Å². The summed E-state index contributed by atoms with van der Waals surface area (Å²) in [4.78, 5) is 46.8. The lowest BCUT2D eigenvalue weighted by Gasteiger charge is -2.26. The minimum atomic E-state index is -4.64. The molecule has 1 amide bonds. The van der Waals surface area contributed by atoms with Gasteiger partial charge in [0.05, 0.1) is 13.2 Å². The summed E-state index contributed by atoms with van der Waals surface area (Å²) >= 11 is 0. The number of carbonyl (C=O) groups excluding carboxylic acids is 1. The number of aliphatic imine (C=N–C) groups is 1. The number of morpholine rings is 1. The first kappa shape index (κ1) is 25.1. The third kappa shape index (κ3) is 8.53. The molecule has 0 bridgehead atoms. The lowest BCUT2D eigenvalue weighted by atomic mass is 10.1. The number of aromatic nitrogens is 2. The maximum atomic E-state index is 14.8. The molecule has 15 heteroatoms. The van der Waals surface area contributed by atoms with E-state index in [0.717, 1.165) is 0 Å². The summed E-state index contributed by atoms with van der Waals surface area (Å²) in [7, 11) is -4.64. The van der Waals surface area contributed by atoms with Crippen molar-refractivity contribution in [2.24, 2.45) is 16.5 Å². The third-order valence-electron chi connectivity index (χ3n) is 3.89. The number of hydrogen-bond donors (Lipinski definition) is 5. The van der Waals surface area contributed by atoms with Crippen molar-refractivity contribution in [1.29, 1.82) is 0 Å². The molecule has 0 aliphatic carbocycles. The van der Waals surface area contributed by atoms with E-state index in [1.807, 2.05) is 4.90 Å². The maximum Gasteiger partial charge on any atom is 0.466 e. The van der Waals surface area contributed by atoms with Crippen molar-refractivity contribution >= 4 is 25.8 Å². The van der Waals surface area contributed by atoms with Crippen molar-refractivity contribution in [3.05, 3.63) is 42.0 Å². The van der Waals surface area contributed by atoms with Crippen LogP contribution in [0.2, 0.25) is 0 Å². The first-order valence-electron chi connectivity index (χ1n) is 9.01. The largest absolute Gasteiger partial charge is 0.466 e. The highest BCUT2D eigenvalue weighted by Crippen LogP contribution is 2.26. The molecule has 2 heterocycles. The molecule has 32 heavy (non-hydrogen) atoms. The van der Waals surface area contributed by atoms with Crippen LogP contribution in [0.5, 0.6) is 0 Å². The van der Waals surface area contributed by atoms with E-state index in [9.17, 15) is 9.18 Å². The summed E-state index contributed by atoms with van der Waals surface area (Å²) in [5, 5.41) is 0. The average Bonchev–Trinajstić information content (AvgIpc) is 2.72. The predicted octanol–water partition coefficient (Wildman–Crippen LogP) is 0.101. The molecule has 2 aromatic rings. The molecule has 0 atom stereocenters. The maximum absolute atomic E-state index is 14.8. The van der Waals surface area contributed by atoms with E-state index >= 15 is 0 Å². The molecule has 0 spiro atoms. The van der Waals surface area contributed by atoms with Crippen molar-refractivity contribution in [2.75, 3.05) is 31.2 Å². The van der Waals surface area contributed by atoms with Crippen molar-refractivity contribution in [2.45, 2.75) is 6.61 Å². The van der Waals surface area contributed by atoms with E-state index < -0.39 is 25.7 Å². The number of benzene rings is 1. The fourth-order valence-corrected chi connectivity index (χ4v) is 2.58. The van der Waals surface area contributed by atoms with E-state index in [1.54, 1.807) is 24.5 Å². The summed E-state index contributed by atoms with van der Waals surface area (Å²) in [5.74, 6) is -0.380. The summed E-state index contributed by atoms with van der Waals surface area (Å²) in [6, 6.07) is 4.76. The molecular weight excluding hydrogens is 450 g/mol. The zero-order valence-corrected chi connectivity index (χ0v) is 17.6. The molecule has 13 nitrogen and oxygen atoms in total. The Morgan fingerprint density at radius 3 is 2.38 bits per heavy atom. The lowest BCUT2D eigenvalue weighted by Crippen LogP contribution is -2.37. The Bertz CT molecular complexity index is 983. The van der Waals surface area contributed by atoms with Crippen LogP contribution in [0, 0.1) is 5.82 Å². The minimum Gasteiger partial charge on any atom is -0.443 e. The Hall–Kier alpha value is -3.16. The number of carbonyl (C=O) groups is 1. The smallest absolute Gasteiger partial charge is 0.443 e. The highest BCUT2D eigenvalue weighted by molar-refractivity contribution is 7.45. The molecule has 1 saturated heterocycles. The fraction of sp³-hybridized carbons (Fsp3) is 0.294. The number of ether oxygens (including phenoxy) is 2. The van der Waals surface area contributed by atoms with Crippen LogP contribution >= 0.6 is 7.82 Å². The molecule has 1 aromatic heterocycles. The number of rotatable bonds is 4. The molecule has 3 rings (SSSR count). The molecule has 0 unspecified atom stereocenters. The number of nitrogens with zero attached hydrogens (tertiary/aromatic N) is 4. The summed E-state index contributed by atoms with van der Waals surface area (Å²) in [5.41, 5.74) is 11.2. The molecule has 7 N–H and O–H groups in total. The van der Waals surface area contributed by atoms with Gasteiger partial charge in [0.2, 0.25) is 5.95 Å². The molecular formula is C17H22FN6O7P. The van der Waals surface area contributed by atoms with Crippen LogP contribution in [0.25, 0.3) is 11.1 Å². The van der Waals surface area contributed by atoms with Gasteiger partial charge in [-0.3, -0.25) is 0 Å². The highest BCUT2D eigenvalue weighted by Gasteiger charge is 2.16. The zero-order chi connectivity index (χ0) is 23.7. The van der Waals surface area contributed by atoms with Crippen molar-refractivity contribution in [3.8, 4) is 11.1 Å². The average molecular weight is 472 g/mol.